The van der Waals surface area contributed by atoms with Crippen LogP contribution >= 0.6 is 0 Å². The molecule has 2 N–H and O–H groups in total. The first-order chi connectivity index (χ1) is 9.27. The van der Waals surface area contributed by atoms with Gasteiger partial charge in [0.1, 0.15) is 18.1 Å². The van der Waals surface area contributed by atoms with E-state index in [9.17, 15) is 18.5 Å². The van der Waals surface area contributed by atoms with E-state index in [1.807, 2.05) is 0 Å². The van der Waals surface area contributed by atoms with Crippen molar-refractivity contribution in [1.29, 1.82) is 0 Å². The Hall–Kier alpha value is -1.25. The Labute approximate surface area is 119 Å². The molecule has 0 aliphatic heterocycles. The normalized spacial score (nSPS) is 11.5. The summed E-state index contributed by atoms with van der Waals surface area (Å²) in [4.78, 5) is 0. The van der Waals surface area contributed by atoms with Gasteiger partial charge in [-0.2, -0.15) is 0 Å². The topological polar surface area (TPSA) is 93.1 Å². The number of rotatable bonds is 7. The molecule has 0 bridgehead atoms. The molecule has 8 heteroatoms. The zero-order valence-electron chi connectivity index (χ0n) is 11.7. The summed E-state index contributed by atoms with van der Waals surface area (Å²) in [7, 11) is -3.45. The average molecular weight is 302 g/mol. The van der Waals surface area contributed by atoms with Crippen LogP contribution in [0.15, 0.2) is 18.2 Å². The van der Waals surface area contributed by atoms with Gasteiger partial charge >= 0.3 is 7.12 Å². The molecule has 0 heterocycles. The molecule has 1 aromatic rings. The summed E-state index contributed by atoms with van der Waals surface area (Å²) in [5, 5.41) is 18.1. The summed E-state index contributed by atoms with van der Waals surface area (Å²) < 4.78 is 33.6. The largest absolute Gasteiger partial charge is 0.497 e. The molecule has 0 radical (unpaired) electrons. The van der Waals surface area contributed by atoms with Crippen molar-refractivity contribution in [2.24, 2.45) is 0 Å². The third-order valence-corrected chi connectivity index (χ3v) is 5.01. The lowest BCUT2D eigenvalue weighted by Gasteiger charge is -2.13. The Bertz CT molecular complexity index is 541. The van der Waals surface area contributed by atoms with Crippen molar-refractivity contribution in [3.63, 3.8) is 0 Å². The van der Waals surface area contributed by atoms with Crippen LogP contribution < -0.4 is 14.9 Å². The lowest BCUT2D eigenvalue weighted by molar-refractivity contribution is 0.339. The van der Waals surface area contributed by atoms with E-state index in [1.54, 1.807) is 19.9 Å². The van der Waals surface area contributed by atoms with Crippen LogP contribution in [0.3, 0.4) is 0 Å². The quantitative estimate of drug-likeness (QED) is 0.664. The molecule has 1 aromatic carbocycles. The standard InChI is InChI=1S/C12H19BO6S/c1-9(2)20(16,17)7-6-19-12-5-4-10(18-3)8-11(12)13(14)15/h4-5,8-9,14-15H,6-7H2,1-3H3. The van der Waals surface area contributed by atoms with Gasteiger partial charge in [-0.25, -0.2) is 8.42 Å². The summed E-state index contributed by atoms with van der Waals surface area (Å²) in [6.45, 7) is 3.16. The van der Waals surface area contributed by atoms with E-state index in [0.717, 1.165) is 0 Å². The second-order valence-electron chi connectivity index (χ2n) is 4.54. The van der Waals surface area contributed by atoms with E-state index in [2.05, 4.69) is 0 Å². The minimum atomic E-state index is -3.19. The first kappa shape index (κ1) is 16.8. The van der Waals surface area contributed by atoms with Gasteiger partial charge in [0.2, 0.25) is 0 Å². The summed E-state index contributed by atoms with van der Waals surface area (Å²) in [5.41, 5.74) is 0.131. The van der Waals surface area contributed by atoms with Gasteiger partial charge in [0.25, 0.3) is 0 Å². The molecule has 0 aromatic heterocycles. The van der Waals surface area contributed by atoms with Crippen molar-refractivity contribution >= 4 is 22.4 Å². The van der Waals surface area contributed by atoms with Gasteiger partial charge in [-0.3, -0.25) is 0 Å². The highest BCUT2D eigenvalue weighted by Crippen LogP contribution is 2.16. The van der Waals surface area contributed by atoms with Crippen molar-refractivity contribution in [3.8, 4) is 11.5 Å². The summed E-state index contributed by atoms with van der Waals surface area (Å²) >= 11 is 0. The average Bonchev–Trinajstić information content (AvgIpc) is 2.38. The van der Waals surface area contributed by atoms with Gasteiger partial charge in [0, 0.05) is 5.46 Å². The van der Waals surface area contributed by atoms with Crippen molar-refractivity contribution in [2.45, 2.75) is 19.1 Å². The number of ether oxygens (including phenoxy) is 2. The Morgan fingerprint density at radius 1 is 1.30 bits per heavy atom. The second kappa shape index (κ2) is 6.96. The van der Waals surface area contributed by atoms with E-state index in [1.165, 1.54) is 19.2 Å². The van der Waals surface area contributed by atoms with E-state index in [4.69, 9.17) is 9.47 Å². The highest BCUT2D eigenvalue weighted by Gasteiger charge is 2.20. The molecule has 20 heavy (non-hydrogen) atoms. The van der Waals surface area contributed by atoms with E-state index in [0.29, 0.717) is 5.75 Å². The van der Waals surface area contributed by atoms with Crippen LogP contribution in [0.5, 0.6) is 11.5 Å². The SMILES string of the molecule is COc1ccc(OCCS(=O)(=O)C(C)C)c(B(O)O)c1. The molecule has 0 aliphatic rings. The molecule has 0 saturated carbocycles. The van der Waals surface area contributed by atoms with Crippen LogP contribution in [-0.4, -0.2) is 50.3 Å². The number of hydrogen-bond donors (Lipinski definition) is 2. The van der Waals surface area contributed by atoms with Crippen molar-refractivity contribution in [3.05, 3.63) is 18.2 Å². The monoisotopic (exact) mass is 302 g/mol. The minimum Gasteiger partial charge on any atom is -0.497 e. The lowest BCUT2D eigenvalue weighted by atomic mass is 9.79. The van der Waals surface area contributed by atoms with Gasteiger partial charge in [-0.1, -0.05) is 0 Å². The maximum absolute atomic E-state index is 11.6. The summed E-state index contributed by atoms with van der Waals surface area (Å²) in [6, 6.07) is 4.53. The molecule has 6 nitrogen and oxygen atoms in total. The first-order valence-corrected chi connectivity index (χ1v) is 7.88. The van der Waals surface area contributed by atoms with Crippen molar-refractivity contribution in [1.82, 2.24) is 0 Å². The Morgan fingerprint density at radius 3 is 2.45 bits per heavy atom. The smallest absolute Gasteiger partial charge is 0.492 e. The van der Waals surface area contributed by atoms with Crippen LogP contribution in [0.4, 0.5) is 0 Å². The van der Waals surface area contributed by atoms with Crippen LogP contribution in [0.1, 0.15) is 13.8 Å². The molecule has 0 amide bonds. The van der Waals surface area contributed by atoms with Crippen LogP contribution in [0.2, 0.25) is 0 Å². The molecular weight excluding hydrogens is 283 g/mol. The Kier molecular flexibility index (Phi) is 5.85. The molecule has 0 fully saturated rings. The first-order valence-electron chi connectivity index (χ1n) is 6.16. The van der Waals surface area contributed by atoms with Crippen molar-refractivity contribution < 1.29 is 27.9 Å². The highest BCUT2D eigenvalue weighted by molar-refractivity contribution is 7.91. The molecule has 0 unspecified atom stereocenters. The molecule has 0 atom stereocenters. The van der Waals surface area contributed by atoms with Gasteiger partial charge in [-0.05, 0) is 32.0 Å². The fourth-order valence-corrected chi connectivity index (χ4v) is 2.28. The predicted octanol–water partition coefficient (Wildman–Crippen LogP) is -0.423. The van der Waals surface area contributed by atoms with Gasteiger partial charge < -0.3 is 19.5 Å². The molecule has 112 valence electrons. The number of benzene rings is 1. The van der Waals surface area contributed by atoms with E-state index >= 15 is 0 Å². The zero-order valence-corrected chi connectivity index (χ0v) is 12.6. The predicted molar refractivity (Wildman–Crippen MR) is 77.2 cm³/mol. The third kappa shape index (κ3) is 4.40. The molecule has 1 rings (SSSR count). The number of hydrogen-bond acceptors (Lipinski definition) is 6. The second-order valence-corrected chi connectivity index (χ2v) is 7.22. The number of methoxy groups -OCH3 is 1. The summed E-state index contributed by atoms with van der Waals surface area (Å²) in [5.74, 6) is 0.549. The van der Waals surface area contributed by atoms with E-state index in [-0.39, 0.29) is 23.6 Å². The Balaban J connectivity index is 2.78. The fourth-order valence-electron chi connectivity index (χ4n) is 1.49. The van der Waals surface area contributed by atoms with Crippen LogP contribution in [-0.2, 0) is 9.84 Å². The summed E-state index contributed by atoms with van der Waals surface area (Å²) in [6.07, 6.45) is 0. The molecular formula is C12H19BO6S. The van der Waals surface area contributed by atoms with E-state index < -0.39 is 22.2 Å². The highest BCUT2D eigenvalue weighted by atomic mass is 32.2. The lowest BCUT2D eigenvalue weighted by Crippen LogP contribution is -2.32. The van der Waals surface area contributed by atoms with Crippen molar-refractivity contribution in [2.75, 3.05) is 19.5 Å². The maximum Gasteiger partial charge on any atom is 0.492 e. The maximum atomic E-state index is 11.6. The van der Waals surface area contributed by atoms with Gasteiger partial charge in [0.15, 0.2) is 9.84 Å². The molecule has 0 aliphatic carbocycles. The molecule has 0 saturated heterocycles. The molecule has 0 spiro atoms. The zero-order chi connectivity index (χ0) is 15.3. The van der Waals surface area contributed by atoms with Gasteiger partial charge in [-0.15, -0.1) is 0 Å². The fraction of sp³-hybridized carbons (Fsp3) is 0.500. The van der Waals surface area contributed by atoms with Crippen LogP contribution in [0.25, 0.3) is 0 Å². The third-order valence-electron chi connectivity index (χ3n) is 2.84. The Morgan fingerprint density at radius 2 is 1.95 bits per heavy atom. The number of sulfone groups is 1. The van der Waals surface area contributed by atoms with Gasteiger partial charge in [0.05, 0.1) is 18.1 Å². The van der Waals surface area contributed by atoms with Crippen LogP contribution in [0, 0.1) is 0 Å². The minimum absolute atomic E-state index is 0.0490.